The molecule has 78 valence electrons. The molecule has 0 atom stereocenters. The van der Waals surface area contributed by atoms with E-state index in [-0.39, 0.29) is 0 Å². The Bertz CT molecular complexity index is 436. The van der Waals surface area contributed by atoms with E-state index in [1.54, 1.807) is 6.20 Å². The van der Waals surface area contributed by atoms with Crippen molar-refractivity contribution in [3.8, 4) is 11.3 Å². The summed E-state index contributed by atoms with van der Waals surface area (Å²) in [6.45, 7) is 0.585. The average Bonchev–Trinajstić information content (AvgIpc) is 2.68. The Morgan fingerprint density at radius 3 is 2.67 bits per heavy atom. The molecule has 0 unspecified atom stereocenters. The lowest BCUT2D eigenvalue weighted by Gasteiger charge is -1.99. The standard InChI is InChI=1S/C11H11ClN2O/c12-10-3-1-8(2-4-10)11-9(5-6-13)7-14-15-11/h1-4,7H,5-6,13H2. The van der Waals surface area contributed by atoms with Crippen LogP contribution in [0.15, 0.2) is 35.0 Å². The fourth-order valence-corrected chi connectivity index (χ4v) is 1.56. The SMILES string of the molecule is NCCc1cnoc1-c1ccc(Cl)cc1. The molecule has 3 nitrogen and oxygen atoms in total. The predicted octanol–water partition coefficient (Wildman–Crippen LogP) is 2.50. The van der Waals surface area contributed by atoms with Gasteiger partial charge in [0, 0.05) is 16.1 Å². The molecule has 0 saturated heterocycles. The Hall–Kier alpha value is -1.32. The van der Waals surface area contributed by atoms with Gasteiger partial charge in [-0.3, -0.25) is 0 Å². The lowest BCUT2D eigenvalue weighted by atomic mass is 10.1. The molecule has 0 spiro atoms. The zero-order valence-corrected chi connectivity index (χ0v) is 8.87. The molecule has 0 aliphatic rings. The Kier molecular flexibility index (Phi) is 3.04. The molecule has 0 radical (unpaired) electrons. The highest BCUT2D eigenvalue weighted by molar-refractivity contribution is 6.30. The van der Waals surface area contributed by atoms with Gasteiger partial charge in [-0.25, -0.2) is 0 Å². The maximum Gasteiger partial charge on any atom is 0.170 e. The third-order valence-corrected chi connectivity index (χ3v) is 2.42. The van der Waals surface area contributed by atoms with Crippen molar-refractivity contribution in [1.82, 2.24) is 5.16 Å². The molecule has 0 aliphatic carbocycles. The lowest BCUT2D eigenvalue weighted by molar-refractivity contribution is 0.431. The molecule has 0 saturated carbocycles. The van der Waals surface area contributed by atoms with Crippen molar-refractivity contribution < 1.29 is 4.52 Å². The summed E-state index contributed by atoms with van der Waals surface area (Å²) in [5.74, 6) is 0.775. The van der Waals surface area contributed by atoms with Crippen molar-refractivity contribution in [3.63, 3.8) is 0 Å². The molecule has 1 heterocycles. The number of hydrogen-bond acceptors (Lipinski definition) is 3. The van der Waals surface area contributed by atoms with Gasteiger partial charge in [0.1, 0.15) is 0 Å². The third-order valence-electron chi connectivity index (χ3n) is 2.16. The first-order valence-corrected chi connectivity index (χ1v) is 5.08. The van der Waals surface area contributed by atoms with Crippen LogP contribution < -0.4 is 5.73 Å². The van der Waals surface area contributed by atoms with Gasteiger partial charge in [0.15, 0.2) is 5.76 Å². The van der Waals surface area contributed by atoms with Gasteiger partial charge in [0.25, 0.3) is 0 Å². The summed E-state index contributed by atoms with van der Waals surface area (Å²) in [5.41, 5.74) is 7.50. The zero-order chi connectivity index (χ0) is 10.7. The maximum atomic E-state index is 5.81. The van der Waals surface area contributed by atoms with Crippen LogP contribution in [0, 0.1) is 0 Å². The van der Waals surface area contributed by atoms with Gasteiger partial charge in [-0.15, -0.1) is 0 Å². The average molecular weight is 223 g/mol. The molecule has 2 rings (SSSR count). The number of hydrogen-bond donors (Lipinski definition) is 1. The van der Waals surface area contributed by atoms with E-state index in [1.807, 2.05) is 24.3 Å². The fourth-order valence-electron chi connectivity index (χ4n) is 1.43. The van der Waals surface area contributed by atoms with Crippen molar-refractivity contribution in [2.45, 2.75) is 6.42 Å². The number of nitrogens with zero attached hydrogens (tertiary/aromatic N) is 1. The van der Waals surface area contributed by atoms with Crippen molar-refractivity contribution in [1.29, 1.82) is 0 Å². The summed E-state index contributed by atoms with van der Waals surface area (Å²) in [4.78, 5) is 0. The summed E-state index contributed by atoms with van der Waals surface area (Å²) < 4.78 is 5.19. The third kappa shape index (κ3) is 2.19. The lowest BCUT2D eigenvalue weighted by Crippen LogP contribution is -2.02. The fraction of sp³-hybridized carbons (Fsp3) is 0.182. The molecule has 1 aromatic carbocycles. The molecule has 0 fully saturated rings. The van der Waals surface area contributed by atoms with Crippen molar-refractivity contribution in [3.05, 3.63) is 41.0 Å². The Morgan fingerprint density at radius 1 is 1.27 bits per heavy atom. The first-order valence-electron chi connectivity index (χ1n) is 4.71. The Labute approximate surface area is 92.8 Å². The molecular formula is C11H11ClN2O. The van der Waals surface area contributed by atoms with Gasteiger partial charge in [-0.1, -0.05) is 16.8 Å². The van der Waals surface area contributed by atoms with E-state index in [1.165, 1.54) is 0 Å². The summed E-state index contributed by atoms with van der Waals surface area (Å²) in [6, 6.07) is 7.46. The normalized spacial score (nSPS) is 10.5. The Balaban J connectivity index is 2.36. The molecule has 0 aliphatic heterocycles. The summed E-state index contributed by atoms with van der Waals surface area (Å²) >= 11 is 5.81. The van der Waals surface area contributed by atoms with E-state index in [2.05, 4.69) is 5.16 Å². The van der Waals surface area contributed by atoms with E-state index >= 15 is 0 Å². The van der Waals surface area contributed by atoms with Crippen molar-refractivity contribution in [2.24, 2.45) is 5.73 Å². The molecule has 2 N–H and O–H groups in total. The monoisotopic (exact) mass is 222 g/mol. The van der Waals surface area contributed by atoms with Crippen LogP contribution in [0.4, 0.5) is 0 Å². The second-order valence-electron chi connectivity index (χ2n) is 3.23. The highest BCUT2D eigenvalue weighted by Crippen LogP contribution is 2.24. The molecule has 1 aromatic heterocycles. The van der Waals surface area contributed by atoms with Gasteiger partial charge in [0.05, 0.1) is 6.20 Å². The minimum absolute atomic E-state index is 0.585. The van der Waals surface area contributed by atoms with E-state index in [0.29, 0.717) is 11.6 Å². The molecule has 2 aromatic rings. The summed E-state index contributed by atoms with van der Waals surface area (Å²) in [6.07, 6.45) is 2.47. The minimum atomic E-state index is 0.585. The largest absolute Gasteiger partial charge is 0.356 e. The predicted molar refractivity (Wildman–Crippen MR) is 59.7 cm³/mol. The molecule has 4 heteroatoms. The van der Waals surface area contributed by atoms with Crippen LogP contribution in [0.1, 0.15) is 5.56 Å². The van der Waals surface area contributed by atoms with Crippen LogP contribution in [-0.4, -0.2) is 11.7 Å². The van der Waals surface area contributed by atoms with Crippen LogP contribution >= 0.6 is 11.6 Å². The number of aromatic nitrogens is 1. The first-order chi connectivity index (χ1) is 7.31. The van der Waals surface area contributed by atoms with Crippen LogP contribution in [0.5, 0.6) is 0 Å². The molecule has 0 amide bonds. The van der Waals surface area contributed by atoms with Crippen molar-refractivity contribution in [2.75, 3.05) is 6.54 Å². The van der Waals surface area contributed by atoms with Crippen molar-refractivity contribution >= 4 is 11.6 Å². The van der Waals surface area contributed by atoms with Crippen LogP contribution in [0.3, 0.4) is 0 Å². The van der Waals surface area contributed by atoms with E-state index in [4.69, 9.17) is 21.9 Å². The number of rotatable bonds is 3. The summed E-state index contributed by atoms with van der Waals surface area (Å²) in [7, 11) is 0. The minimum Gasteiger partial charge on any atom is -0.356 e. The van der Waals surface area contributed by atoms with Gasteiger partial charge in [0.2, 0.25) is 0 Å². The number of nitrogens with two attached hydrogens (primary N) is 1. The highest BCUT2D eigenvalue weighted by atomic mass is 35.5. The highest BCUT2D eigenvalue weighted by Gasteiger charge is 2.09. The van der Waals surface area contributed by atoms with E-state index in [0.717, 1.165) is 23.3 Å². The zero-order valence-electron chi connectivity index (χ0n) is 8.11. The number of benzene rings is 1. The summed E-state index contributed by atoms with van der Waals surface area (Å²) in [5, 5.41) is 4.48. The topological polar surface area (TPSA) is 52.0 Å². The quantitative estimate of drug-likeness (QED) is 0.868. The smallest absolute Gasteiger partial charge is 0.170 e. The van der Waals surface area contributed by atoms with Crippen LogP contribution in [-0.2, 0) is 6.42 Å². The van der Waals surface area contributed by atoms with Gasteiger partial charge < -0.3 is 10.3 Å². The van der Waals surface area contributed by atoms with E-state index < -0.39 is 0 Å². The molecular weight excluding hydrogens is 212 g/mol. The molecule has 15 heavy (non-hydrogen) atoms. The second kappa shape index (κ2) is 4.47. The second-order valence-corrected chi connectivity index (χ2v) is 3.66. The molecule has 0 bridgehead atoms. The van der Waals surface area contributed by atoms with Crippen LogP contribution in [0.25, 0.3) is 11.3 Å². The van der Waals surface area contributed by atoms with Gasteiger partial charge >= 0.3 is 0 Å². The van der Waals surface area contributed by atoms with Gasteiger partial charge in [-0.2, -0.15) is 0 Å². The van der Waals surface area contributed by atoms with Crippen LogP contribution in [0.2, 0.25) is 5.02 Å². The number of halogens is 1. The first kappa shape index (κ1) is 10.2. The van der Waals surface area contributed by atoms with Gasteiger partial charge in [-0.05, 0) is 37.2 Å². The van der Waals surface area contributed by atoms with E-state index in [9.17, 15) is 0 Å². The maximum absolute atomic E-state index is 5.81. The Morgan fingerprint density at radius 2 is 2.00 bits per heavy atom.